The van der Waals surface area contributed by atoms with Crippen LogP contribution in [0.5, 0.6) is 0 Å². The molecule has 0 spiro atoms. The summed E-state index contributed by atoms with van der Waals surface area (Å²) in [5.74, 6) is 0.446. The Labute approximate surface area is 166 Å². The molecule has 2 N–H and O–H groups in total. The summed E-state index contributed by atoms with van der Waals surface area (Å²) in [7, 11) is 4.17. The summed E-state index contributed by atoms with van der Waals surface area (Å²) in [4.78, 5) is 6.45. The van der Waals surface area contributed by atoms with E-state index >= 15 is 0 Å². The van der Waals surface area contributed by atoms with Gasteiger partial charge < -0.3 is 15.3 Å². The van der Waals surface area contributed by atoms with Gasteiger partial charge in [0, 0.05) is 42.8 Å². The maximum atomic E-state index is 9.33. The highest BCUT2D eigenvalue weighted by molar-refractivity contribution is 6.29. The van der Waals surface area contributed by atoms with Crippen LogP contribution in [0.25, 0.3) is 11.3 Å². The number of anilines is 1. The van der Waals surface area contributed by atoms with Crippen LogP contribution in [-0.4, -0.2) is 58.1 Å². The Morgan fingerprint density at radius 3 is 2.78 bits per heavy atom. The largest absolute Gasteiger partial charge is 0.396 e. The Kier molecular flexibility index (Phi) is 7.10. The van der Waals surface area contributed by atoms with E-state index < -0.39 is 0 Å². The normalized spacial score (nSPS) is 20.2. The molecule has 1 aliphatic rings. The number of aryl methyl sites for hydroxylation is 1. The van der Waals surface area contributed by atoms with Gasteiger partial charge in [-0.25, -0.2) is 4.98 Å². The molecule has 0 atom stereocenters. The number of rotatable bonds is 8. The van der Waals surface area contributed by atoms with Crippen LogP contribution in [0.1, 0.15) is 32.1 Å². The number of aliphatic hydroxyl groups excluding tert-OH is 1. The predicted molar refractivity (Wildman–Crippen MR) is 110 cm³/mol. The number of nitrogens with zero attached hydrogens (tertiary/aromatic N) is 4. The minimum atomic E-state index is 0.296. The van der Waals surface area contributed by atoms with Gasteiger partial charge in [0.1, 0.15) is 5.15 Å². The van der Waals surface area contributed by atoms with E-state index in [9.17, 15) is 5.11 Å². The van der Waals surface area contributed by atoms with Crippen LogP contribution in [0.15, 0.2) is 24.5 Å². The number of pyridine rings is 1. The molecule has 0 radical (unpaired) electrons. The summed E-state index contributed by atoms with van der Waals surface area (Å²) in [6.45, 7) is 2.23. The first-order valence-corrected chi connectivity index (χ1v) is 10.1. The van der Waals surface area contributed by atoms with Crippen molar-refractivity contribution in [1.82, 2.24) is 19.7 Å². The predicted octanol–water partition coefficient (Wildman–Crippen LogP) is 3.51. The maximum Gasteiger partial charge on any atom is 0.131 e. The van der Waals surface area contributed by atoms with Crippen molar-refractivity contribution in [3.63, 3.8) is 0 Å². The first kappa shape index (κ1) is 20.1. The second-order valence-electron chi connectivity index (χ2n) is 7.72. The minimum Gasteiger partial charge on any atom is -0.396 e. The van der Waals surface area contributed by atoms with E-state index in [-0.39, 0.29) is 0 Å². The Morgan fingerprint density at radius 2 is 2.07 bits per heavy atom. The average Bonchev–Trinajstić information content (AvgIpc) is 3.11. The summed E-state index contributed by atoms with van der Waals surface area (Å²) in [5.41, 5.74) is 2.88. The molecule has 3 rings (SSSR count). The third-order valence-corrected chi connectivity index (χ3v) is 5.45. The fourth-order valence-electron chi connectivity index (χ4n) is 3.64. The lowest BCUT2D eigenvalue weighted by Crippen LogP contribution is -2.27. The van der Waals surface area contributed by atoms with E-state index in [0.29, 0.717) is 23.7 Å². The fraction of sp³-hybridized carbons (Fsp3) is 0.600. The Morgan fingerprint density at radius 1 is 1.30 bits per heavy atom. The van der Waals surface area contributed by atoms with Crippen molar-refractivity contribution in [2.45, 2.75) is 44.7 Å². The lowest BCUT2D eigenvalue weighted by molar-refractivity contribution is 0.186. The quantitative estimate of drug-likeness (QED) is 0.674. The first-order valence-electron chi connectivity index (χ1n) is 9.76. The Balaban J connectivity index is 1.70. The first-order chi connectivity index (χ1) is 13.0. The summed E-state index contributed by atoms with van der Waals surface area (Å²) in [6.07, 6.45) is 9.12. The van der Waals surface area contributed by atoms with E-state index in [2.05, 4.69) is 29.3 Å². The summed E-state index contributed by atoms with van der Waals surface area (Å²) < 4.78 is 1.99. The lowest BCUT2D eigenvalue weighted by atomic mass is 9.86. The molecule has 0 aliphatic heterocycles. The second-order valence-corrected chi connectivity index (χ2v) is 8.11. The molecular formula is C20H30ClN5O. The van der Waals surface area contributed by atoms with Crippen molar-refractivity contribution >= 4 is 17.3 Å². The van der Waals surface area contributed by atoms with Crippen molar-refractivity contribution in [2.24, 2.45) is 5.92 Å². The molecule has 148 valence electrons. The number of aromatic nitrogens is 3. The van der Waals surface area contributed by atoms with Gasteiger partial charge in [-0.2, -0.15) is 5.10 Å². The molecule has 2 heterocycles. The molecule has 0 aromatic carbocycles. The molecule has 6 nitrogen and oxygen atoms in total. The van der Waals surface area contributed by atoms with Gasteiger partial charge in [0.05, 0.1) is 5.69 Å². The number of halogens is 1. The number of nitrogens with one attached hydrogen (secondary N) is 1. The maximum absolute atomic E-state index is 9.33. The van der Waals surface area contributed by atoms with Gasteiger partial charge in [0.25, 0.3) is 0 Å². The van der Waals surface area contributed by atoms with Crippen LogP contribution in [0.3, 0.4) is 0 Å². The van der Waals surface area contributed by atoms with Crippen LogP contribution in [0, 0.1) is 5.92 Å². The van der Waals surface area contributed by atoms with Crippen LogP contribution in [0.4, 0.5) is 5.69 Å². The fourth-order valence-corrected chi connectivity index (χ4v) is 3.80. The monoisotopic (exact) mass is 391 g/mol. The van der Waals surface area contributed by atoms with Crippen molar-refractivity contribution in [3.8, 4) is 11.3 Å². The highest BCUT2D eigenvalue weighted by Gasteiger charge is 2.22. The minimum absolute atomic E-state index is 0.296. The highest BCUT2D eigenvalue weighted by Crippen LogP contribution is 2.32. The van der Waals surface area contributed by atoms with E-state index in [4.69, 9.17) is 16.7 Å². The van der Waals surface area contributed by atoms with Gasteiger partial charge in [-0.15, -0.1) is 0 Å². The van der Waals surface area contributed by atoms with Crippen molar-refractivity contribution in [3.05, 3.63) is 29.7 Å². The zero-order chi connectivity index (χ0) is 19.2. The molecule has 27 heavy (non-hydrogen) atoms. The molecule has 0 amide bonds. The SMILES string of the molecule is CN(C)CCCn1ccc(-c2cnc(Cl)cc2NC2CCC(CO)CC2)n1. The molecule has 0 saturated heterocycles. The molecule has 2 aromatic heterocycles. The van der Waals surface area contributed by atoms with Gasteiger partial charge in [0.2, 0.25) is 0 Å². The highest BCUT2D eigenvalue weighted by atomic mass is 35.5. The molecule has 1 aliphatic carbocycles. The summed E-state index contributed by atoms with van der Waals surface area (Å²) >= 11 is 6.16. The van der Waals surface area contributed by atoms with Gasteiger partial charge in [0.15, 0.2) is 0 Å². The standard InChI is InChI=1S/C20H30ClN5O/c1-25(2)9-3-10-26-11-8-18(24-26)17-13-22-20(21)12-19(17)23-16-6-4-15(14-27)5-7-16/h8,11-13,15-16,27H,3-7,9-10,14H2,1-2H3,(H,22,23). The van der Waals surface area contributed by atoms with Gasteiger partial charge in [-0.1, -0.05) is 11.6 Å². The van der Waals surface area contributed by atoms with Crippen LogP contribution in [-0.2, 0) is 6.54 Å². The lowest BCUT2D eigenvalue weighted by Gasteiger charge is -2.29. The molecule has 1 fully saturated rings. The van der Waals surface area contributed by atoms with Gasteiger partial charge in [-0.05, 0) is 70.8 Å². The Hall–Kier alpha value is -1.63. The molecular weight excluding hydrogens is 362 g/mol. The van der Waals surface area contributed by atoms with Gasteiger partial charge in [-0.3, -0.25) is 4.68 Å². The zero-order valence-electron chi connectivity index (χ0n) is 16.2. The van der Waals surface area contributed by atoms with Crippen LogP contribution >= 0.6 is 11.6 Å². The van der Waals surface area contributed by atoms with E-state index in [0.717, 1.165) is 62.1 Å². The van der Waals surface area contributed by atoms with Crippen LogP contribution < -0.4 is 5.32 Å². The molecule has 1 saturated carbocycles. The number of aliphatic hydroxyl groups is 1. The zero-order valence-corrected chi connectivity index (χ0v) is 17.0. The molecule has 0 unspecified atom stereocenters. The molecule has 0 bridgehead atoms. The average molecular weight is 392 g/mol. The van der Waals surface area contributed by atoms with Gasteiger partial charge >= 0.3 is 0 Å². The van der Waals surface area contributed by atoms with E-state index in [1.165, 1.54) is 0 Å². The summed E-state index contributed by atoms with van der Waals surface area (Å²) in [6, 6.07) is 4.32. The third-order valence-electron chi connectivity index (χ3n) is 5.24. The molecule has 7 heteroatoms. The number of hydrogen-bond donors (Lipinski definition) is 2. The molecule has 2 aromatic rings. The van der Waals surface area contributed by atoms with Crippen molar-refractivity contribution in [2.75, 3.05) is 32.6 Å². The summed E-state index contributed by atoms with van der Waals surface area (Å²) in [5, 5.41) is 18.2. The van der Waals surface area contributed by atoms with Crippen molar-refractivity contribution < 1.29 is 5.11 Å². The second kappa shape index (κ2) is 9.53. The van der Waals surface area contributed by atoms with Crippen molar-refractivity contribution in [1.29, 1.82) is 0 Å². The topological polar surface area (TPSA) is 66.2 Å². The smallest absolute Gasteiger partial charge is 0.131 e. The Bertz CT molecular complexity index is 725. The van der Waals surface area contributed by atoms with Crippen LogP contribution in [0.2, 0.25) is 5.15 Å². The van der Waals surface area contributed by atoms with E-state index in [1.807, 2.05) is 23.0 Å². The third kappa shape index (κ3) is 5.67. The number of hydrogen-bond acceptors (Lipinski definition) is 5. The van der Waals surface area contributed by atoms with E-state index in [1.54, 1.807) is 6.20 Å².